The van der Waals surface area contributed by atoms with Crippen molar-refractivity contribution in [3.63, 3.8) is 0 Å². The molecule has 1 saturated carbocycles. The van der Waals surface area contributed by atoms with E-state index in [9.17, 15) is 13.2 Å². The van der Waals surface area contributed by atoms with Crippen LogP contribution in [0.1, 0.15) is 68.1 Å². The highest BCUT2D eigenvalue weighted by molar-refractivity contribution is 5.67. The van der Waals surface area contributed by atoms with Gasteiger partial charge in [0.15, 0.2) is 0 Å². The monoisotopic (exact) mass is 434 g/mol. The molecule has 0 saturated heterocycles. The van der Waals surface area contributed by atoms with Crippen molar-refractivity contribution in [2.45, 2.75) is 64.0 Å². The van der Waals surface area contributed by atoms with Gasteiger partial charge in [-0.05, 0) is 105 Å². The molecule has 0 spiro atoms. The van der Waals surface area contributed by atoms with E-state index >= 15 is 8.78 Å². The van der Waals surface area contributed by atoms with Crippen molar-refractivity contribution in [3.8, 4) is 11.1 Å². The Morgan fingerprint density at radius 3 is 2.45 bits per heavy atom. The van der Waals surface area contributed by atoms with Crippen molar-refractivity contribution in [3.05, 3.63) is 70.8 Å². The molecule has 0 bridgehead atoms. The van der Waals surface area contributed by atoms with Crippen LogP contribution in [0.5, 0.6) is 0 Å². The smallest absolute Gasteiger partial charge is 0.206 e. The van der Waals surface area contributed by atoms with Crippen LogP contribution in [0.2, 0.25) is 0 Å². The average Bonchev–Trinajstić information content (AvgIpc) is 2.73. The van der Waals surface area contributed by atoms with Crippen LogP contribution in [0.4, 0.5) is 22.0 Å². The molecule has 0 aliphatic heterocycles. The molecule has 0 heterocycles. The molecule has 0 N–H and O–H groups in total. The predicted octanol–water partition coefficient (Wildman–Crippen LogP) is 8.45. The molecule has 166 valence electrons. The standard InChI is InChI=1S/C26H27F5/c1-2-3-4-5-16-6-12-20-18(14-16)9-13-21-22(20)15-23(27)24(25(21)28)17-7-10-19(11-8-17)26(29,30)31/h2-3,7-8,10-11,15-16,18,20H,4-6,9,12-14H2,1H3/b3-2+/t16-,18-,20+/m1/s1. The first-order valence-electron chi connectivity index (χ1n) is 11.1. The van der Waals surface area contributed by atoms with E-state index in [0.29, 0.717) is 23.8 Å². The molecule has 2 aromatic rings. The molecule has 0 nitrogen and oxygen atoms in total. The zero-order valence-corrected chi connectivity index (χ0v) is 17.6. The molecule has 2 aromatic carbocycles. The lowest BCUT2D eigenvalue weighted by Crippen LogP contribution is -2.29. The lowest BCUT2D eigenvalue weighted by atomic mass is 9.64. The number of halogens is 5. The molecule has 0 amide bonds. The summed E-state index contributed by atoms with van der Waals surface area (Å²) in [6.07, 6.45) is 6.57. The van der Waals surface area contributed by atoms with Gasteiger partial charge < -0.3 is 0 Å². The normalized spacial score (nSPS) is 23.6. The highest BCUT2D eigenvalue weighted by atomic mass is 19.4. The van der Waals surface area contributed by atoms with Crippen molar-refractivity contribution in [1.82, 2.24) is 0 Å². The first-order valence-corrected chi connectivity index (χ1v) is 11.1. The Morgan fingerprint density at radius 1 is 1.03 bits per heavy atom. The number of fused-ring (bicyclic) bond motifs is 3. The summed E-state index contributed by atoms with van der Waals surface area (Å²) >= 11 is 0. The van der Waals surface area contributed by atoms with E-state index in [4.69, 9.17) is 0 Å². The number of rotatable bonds is 4. The summed E-state index contributed by atoms with van der Waals surface area (Å²) in [6.45, 7) is 2.02. The summed E-state index contributed by atoms with van der Waals surface area (Å²) in [5.74, 6) is -0.00431. The van der Waals surface area contributed by atoms with Gasteiger partial charge in [-0.2, -0.15) is 13.2 Å². The third-order valence-corrected chi connectivity index (χ3v) is 7.09. The van der Waals surface area contributed by atoms with E-state index in [0.717, 1.165) is 68.4 Å². The molecule has 2 aliphatic rings. The van der Waals surface area contributed by atoms with E-state index < -0.39 is 23.4 Å². The summed E-state index contributed by atoms with van der Waals surface area (Å²) in [6, 6.07) is 5.50. The minimum atomic E-state index is -4.48. The minimum absolute atomic E-state index is 0.139. The van der Waals surface area contributed by atoms with Crippen molar-refractivity contribution >= 4 is 0 Å². The number of hydrogen-bond donors (Lipinski definition) is 0. The van der Waals surface area contributed by atoms with Crippen LogP contribution >= 0.6 is 0 Å². The van der Waals surface area contributed by atoms with Gasteiger partial charge in [-0.25, -0.2) is 8.78 Å². The van der Waals surface area contributed by atoms with Gasteiger partial charge in [0, 0.05) is 0 Å². The Hall–Kier alpha value is -2.17. The summed E-state index contributed by atoms with van der Waals surface area (Å²) < 4.78 is 68.9. The maximum atomic E-state index is 15.4. The van der Waals surface area contributed by atoms with Crippen molar-refractivity contribution in [2.75, 3.05) is 0 Å². The largest absolute Gasteiger partial charge is 0.416 e. The van der Waals surface area contributed by atoms with Crippen LogP contribution < -0.4 is 0 Å². The predicted molar refractivity (Wildman–Crippen MR) is 113 cm³/mol. The first-order chi connectivity index (χ1) is 14.8. The van der Waals surface area contributed by atoms with E-state index in [2.05, 4.69) is 12.2 Å². The van der Waals surface area contributed by atoms with E-state index in [1.165, 1.54) is 6.07 Å². The van der Waals surface area contributed by atoms with Gasteiger partial charge in [-0.3, -0.25) is 0 Å². The highest BCUT2D eigenvalue weighted by Gasteiger charge is 2.37. The van der Waals surface area contributed by atoms with Gasteiger partial charge in [0.1, 0.15) is 11.6 Å². The van der Waals surface area contributed by atoms with Crippen molar-refractivity contribution < 1.29 is 22.0 Å². The Balaban J connectivity index is 1.60. The number of allylic oxidation sites excluding steroid dienone is 2. The maximum absolute atomic E-state index is 15.4. The number of alkyl halides is 3. The first kappa shape index (κ1) is 22.0. The SMILES string of the molecule is C/C=C/CC[C@@H]1CC[C@@H]2c3cc(F)c(-c4ccc(C(F)(F)F)cc4)c(F)c3CC[C@@H]2C1. The average molecular weight is 434 g/mol. The second-order valence-electron chi connectivity index (χ2n) is 8.92. The lowest BCUT2D eigenvalue weighted by molar-refractivity contribution is -0.137. The van der Waals surface area contributed by atoms with Crippen LogP contribution in [0, 0.1) is 23.5 Å². The zero-order chi connectivity index (χ0) is 22.2. The van der Waals surface area contributed by atoms with E-state index in [1.54, 1.807) is 0 Å². The Labute approximate surface area is 180 Å². The topological polar surface area (TPSA) is 0 Å². The Kier molecular flexibility index (Phi) is 6.23. The molecule has 4 rings (SSSR count). The van der Waals surface area contributed by atoms with E-state index in [1.807, 2.05) is 6.92 Å². The minimum Gasteiger partial charge on any atom is -0.206 e. The Morgan fingerprint density at radius 2 is 1.77 bits per heavy atom. The van der Waals surface area contributed by atoms with Gasteiger partial charge in [-0.1, -0.05) is 24.3 Å². The molecule has 5 heteroatoms. The maximum Gasteiger partial charge on any atom is 0.416 e. The summed E-state index contributed by atoms with van der Waals surface area (Å²) in [5, 5.41) is 0. The van der Waals surface area contributed by atoms with Crippen LogP contribution in [0.3, 0.4) is 0 Å². The second-order valence-corrected chi connectivity index (χ2v) is 8.92. The molecule has 0 radical (unpaired) electrons. The van der Waals surface area contributed by atoms with Crippen LogP contribution in [-0.4, -0.2) is 0 Å². The number of benzene rings is 2. The van der Waals surface area contributed by atoms with Gasteiger partial charge in [0.05, 0.1) is 11.1 Å². The summed E-state index contributed by atoms with van der Waals surface area (Å²) in [4.78, 5) is 0. The fourth-order valence-corrected chi connectivity index (χ4v) is 5.53. The lowest BCUT2D eigenvalue weighted by Gasteiger charge is -2.41. The quantitative estimate of drug-likeness (QED) is 0.334. The van der Waals surface area contributed by atoms with Gasteiger partial charge in [0.2, 0.25) is 0 Å². The fraction of sp³-hybridized carbons (Fsp3) is 0.462. The molecular weight excluding hydrogens is 407 g/mol. The highest BCUT2D eigenvalue weighted by Crippen LogP contribution is 2.49. The summed E-state index contributed by atoms with van der Waals surface area (Å²) in [5.41, 5.74) is 0.411. The molecule has 0 aromatic heterocycles. The third-order valence-electron chi connectivity index (χ3n) is 7.09. The molecule has 3 atom stereocenters. The van der Waals surface area contributed by atoms with Crippen LogP contribution in [0.25, 0.3) is 11.1 Å². The molecule has 1 fully saturated rings. The van der Waals surface area contributed by atoms with Gasteiger partial charge in [-0.15, -0.1) is 0 Å². The van der Waals surface area contributed by atoms with Crippen molar-refractivity contribution in [2.24, 2.45) is 11.8 Å². The van der Waals surface area contributed by atoms with Crippen LogP contribution in [0.15, 0.2) is 42.5 Å². The molecule has 0 unspecified atom stereocenters. The van der Waals surface area contributed by atoms with Crippen LogP contribution in [-0.2, 0) is 12.6 Å². The summed E-state index contributed by atoms with van der Waals surface area (Å²) in [7, 11) is 0. The molecular formula is C26H27F5. The number of hydrogen-bond acceptors (Lipinski definition) is 0. The fourth-order valence-electron chi connectivity index (χ4n) is 5.53. The molecule has 31 heavy (non-hydrogen) atoms. The molecule has 2 aliphatic carbocycles. The van der Waals surface area contributed by atoms with E-state index in [-0.39, 0.29) is 17.0 Å². The Bertz CT molecular complexity index is 955. The zero-order valence-electron chi connectivity index (χ0n) is 17.6. The van der Waals surface area contributed by atoms with Gasteiger partial charge >= 0.3 is 6.18 Å². The van der Waals surface area contributed by atoms with Crippen molar-refractivity contribution in [1.29, 1.82) is 0 Å². The third kappa shape index (κ3) is 4.42. The van der Waals surface area contributed by atoms with Gasteiger partial charge in [0.25, 0.3) is 0 Å². The second kappa shape index (κ2) is 8.76.